The molecule has 1 fully saturated rings. The van der Waals surface area contributed by atoms with E-state index in [1.54, 1.807) is 23.1 Å². The first-order chi connectivity index (χ1) is 16.0. The molecule has 0 saturated carbocycles. The van der Waals surface area contributed by atoms with Crippen molar-refractivity contribution in [3.05, 3.63) is 88.9 Å². The summed E-state index contributed by atoms with van der Waals surface area (Å²) >= 11 is 5.96. The number of rotatable bonds is 7. The van der Waals surface area contributed by atoms with Gasteiger partial charge in [-0.25, -0.2) is 4.79 Å². The highest BCUT2D eigenvalue weighted by Crippen LogP contribution is 2.26. The third-order valence-electron chi connectivity index (χ3n) is 5.47. The molecule has 0 bridgehead atoms. The van der Waals surface area contributed by atoms with Crippen LogP contribution in [0, 0.1) is 0 Å². The van der Waals surface area contributed by atoms with E-state index in [1.165, 1.54) is 0 Å². The lowest BCUT2D eigenvalue weighted by Crippen LogP contribution is -2.49. The molecule has 1 heterocycles. The summed E-state index contributed by atoms with van der Waals surface area (Å²) < 4.78 is 5.57. The number of anilines is 2. The topological polar surface area (TPSA) is 61.9 Å². The monoisotopic (exact) mass is 463 g/mol. The van der Waals surface area contributed by atoms with Crippen LogP contribution < -0.4 is 15.0 Å². The van der Waals surface area contributed by atoms with E-state index >= 15 is 0 Å². The van der Waals surface area contributed by atoms with Crippen molar-refractivity contribution in [3.8, 4) is 5.75 Å². The largest absolute Gasteiger partial charge is 0.492 e. The molecule has 0 radical (unpaired) electrons. The molecule has 0 unspecified atom stereocenters. The molecule has 0 atom stereocenters. The molecule has 0 aromatic heterocycles. The Balaban J connectivity index is 1.43. The van der Waals surface area contributed by atoms with E-state index in [-0.39, 0.29) is 11.9 Å². The van der Waals surface area contributed by atoms with E-state index in [0.717, 1.165) is 17.7 Å². The van der Waals surface area contributed by atoms with Crippen LogP contribution in [0.1, 0.15) is 29.3 Å². The van der Waals surface area contributed by atoms with Gasteiger partial charge in [-0.2, -0.15) is 0 Å². The van der Waals surface area contributed by atoms with Crippen LogP contribution in [0.5, 0.6) is 5.75 Å². The van der Waals surface area contributed by atoms with Crippen molar-refractivity contribution in [2.75, 3.05) is 29.9 Å². The first-order valence-corrected chi connectivity index (χ1v) is 11.4. The van der Waals surface area contributed by atoms with Gasteiger partial charge in [-0.05, 0) is 67.4 Å². The lowest BCUT2D eigenvalue weighted by Gasteiger charge is -2.35. The van der Waals surface area contributed by atoms with Crippen molar-refractivity contribution in [1.29, 1.82) is 0 Å². The minimum atomic E-state index is -0.233. The van der Waals surface area contributed by atoms with Gasteiger partial charge in [-0.3, -0.25) is 9.69 Å². The van der Waals surface area contributed by atoms with Gasteiger partial charge in [0.15, 0.2) is 0 Å². The van der Waals surface area contributed by atoms with E-state index in [4.69, 9.17) is 16.3 Å². The number of para-hydroxylation sites is 2. The third-order valence-corrected chi connectivity index (χ3v) is 5.73. The van der Waals surface area contributed by atoms with Gasteiger partial charge in [0.1, 0.15) is 5.75 Å². The first-order valence-electron chi connectivity index (χ1n) is 11.0. The zero-order valence-electron chi connectivity index (χ0n) is 18.5. The lowest BCUT2D eigenvalue weighted by atomic mass is 10.1. The van der Waals surface area contributed by atoms with E-state index in [2.05, 4.69) is 5.32 Å². The van der Waals surface area contributed by atoms with Gasteiger partial charge in [-0.15, -0.1) is 0 Å². The number of carbonyl (C=O) groups is 2. The molecule has 0 spiro atoms. The Kier molecular flexibility index (Phi) is 7.15. The minimum absolute atomic E-state index is 0.0426. The van der Waals surface area contributed by atoms with Crippen LogP contribution in [0.2, 0.25) is 5.02 Å². The standard InChI is InChI=1S/C26H26ClN3O3/c1-2-33-24-7-4-3-6-23(24)28-25(31)20-10-14-22(15-11-20)30-17-5-16-29(26(30)32)18-19-8-12-21(27)13-9-19/h3-4,6-15H,2,5,16-18H2,1H3,(H,28,31). The Hall–Kier alpha value is -3.51. The third kappa shape index (κ3) is 5.46. The maximum absolute atomic E-state index is 13.1. The fraction of sp³-hybridized carbons (Fsp3) is 0.231. The van der Waals surface area contributed by atoms with Gasteiger partial charge < -0.3 is 15.0 Å². The van der Waals surface area contributed by atoms with E-state index in [1.807, 2.05) is 66.4 Å². The number of hydrogen-bond acceptors (Lipinski definition) is 3. The van der Waals surface area contributed by atoms with Crippen LogP contribution >= 0.6 is 11.6 Å². The zero-order chi connectivity index (χ0) is 23.2. The summed E-state index contributed by atoms with van der Waals surface area (Å²) in [7, 11) is 0. The number of amides is 3. The van der Waals surface area contributed by atoms with Crippen LogP contribution in [-0.4, -0.2) is 36.5 Å². The Morgan fingerprint density at radius 1 is 1.00 bits per heavy atom. The molecule has 0 aliphatic carbocycles. The smallest absolute Gasteiger partial charge is 0.324 e. The van der Waals surface area contributed by atoms with Gasteiger partial charge >= 0.3 is 6.03 Å². The average molecular weight is 464 g/mol. The first kappa shape index (κ1) is 22.7. The second kappa shape index (κ2) is 10.4. The predicted octanol–water partition coefficient (Wildman–Crippen LogP) is 5.82. The van der Waals surface area contributed by atoms with Crippen molar-refractivity contribution < 1.29 is 14.3 Å². The summed E-state index contributed by atoms with van der Waals surface area (Å²) in [6.07, 6.45) is 0.871. The quantitative estimate of drug-likeness (QED) is 0.480. The molecular weight excluding hydrogens is 438 g/mol. The molecule has 1 N–H and O–H groups in total. The molecule has 4 rings (SSSR count). The summed E-state index contributed by atoms with van der Waals surface area (Å²) in [4.78, 5) is 29.4. The van der Waals surface area contributed by atoms with Crippen LogP contribution in [0.3, 0.4) is 0 Å². The molecule has 1 saturated heterocycles. The summed E-state index contributed by atoms with van der Waals surface area (Å²) in [5, 5.41) is 3.57. The minimum Gasteiger partial charge on any atom is -0.492 e. The molecule has 3 aromatic rings. The summed E-state index contributed by atoms with van der Waals surface area (Å²) in [6.45, 7) is 4.30. The van der Waals surface area contributed by atoms with E-state index in [9.17, 15) is 9.59 Å². The number of halogens is 1. The number of nitrogens with one attached hydrogen (secondary N) is 1. The van der Waals surface area contributed by atoms with Crippen molar-refractivity contribution in [2.45, 2.75) is 19.9 Å². The van der Waals surface area contributed by atoms with Crippen LogP contribution in [0.4, 0.5) is 16.2 Å². The molecule has 3 aromatic carbocycles. The maximum atomic E-state index is 13.1. The fourth-order valence-electron chi connectivity index (χ4n) is 3.82. The zero-order valence-corrected chi connectivity index (χ0v) is 19.2. The molecular formula is C26H26ClN3O3. The number of carbonyl (C=O) groups excluding carboxylic acids is 2. The van der Waals surface area contributed by atoms with E-state index in [0.29, 0.717) is 48.3 Å². The van der Waals surface area contributed by atoms with Gasteiger partial charge in [-0.1, -0.05) is 35.9 Å². The van der Waals surface area contributed by atoms with Crippen molar-refractivity contribution in [3.63, 3.8) is 0 Å². The molecule has 1 aliphatic heterocycles. The van der Waals surface area contributed by atoms with Gasteiger partial charge in [0.05, 0.1) is 12.3 Å². The SMILES string of the molecule is CCOc1ccccc1NC(=O)c1ccc(N2CCCN(Cc3ccc(Cl)cc3)C2=O)cc1. The normalized spacial score (nSPS) is 13.7. The average Bonchev–Trinajstić information content (AvgIpc) is 2.83. The fourth-order valence-corrected chi connectivity index (χ4v) is 3.94. The highest BCUT2D eigenvalue weighted by atomic mass is 35.5. The summed E-state index contributed by atoms with van der Waals surface area (Å²) in [5.74, 6) is 0.396. The number of nitrogens with zero attached hydrogens (tertiary/aromatic N) is 2. The van der Waals surface area contributed by atoms with Gasteiger partial charge in [0.25, 0.3) is 5.91 Å². The Morgan fingerprint density at radius 2 is 1.73 bits per heavy atom. The number of benzene rings is 3. The van der Waals surface area contributed by atoms with Crippen molar-refractivity contribution in [2.24, 2.45) is 0 Å². The van der Waals surface area contributed by atoms with Crippen LogP contribution in [-0.2, 0) is 6.54 Å². The predicted molar refractivity (Wildman–Crippen MR) is 131 cm³/mol. The number of hydrogen-bond donors (Lipinski definition) is 1. The summed E-state index contributed by atoms with van der Waals surface area (Å²) in [6, 6.07) is 21.9. The molecule has 7 heteroatoms. The van der Waals surface area contributed by atoms with Crippen LogP contribution in [0.25, 0.3) is 0 Å². The molecule has 170 valence electrons. The van der Waals surface area contributed by atoms with Crippen molar-refractivity contribution in [1.82, 2.24) is 4.90 Å². The summed E-state index contributed by atoms with van der Waals surface area (Å²) in [5.41, 5.74) is 2.94. The second-order valence-electron chi connectivity index (χ2n) is 7.77. The second-order valence-corrected chi connectivity index (χ2v) is 8.20. The number of urea groups is 1. The van der Waals surface area contributed by atoms with Gasteiger partial charge in [0, 0.05) is 35.9 Å². The molecule has 1 aliphatic rings. The lowest BCUT2D eigenvalue weighted by molar-refractivity contribution is 0.102. The van der Waals surface area contributed by atoms with Crippen molar-refractivity contribution >= 4 is 34.9 Å². The van der Waals surface area contributed by atoms with E-state index < -0.39 is 0 Å². The van der Waals surface area contributed by atoms with Gasteiger partial charge in [0.2, 0.25) is 0 Å². The maximum Gasteiger partial charge on any atom is 0.324 e. The molecule has 6 nitrogen and oxygen atoms in total. The highest BCUT2D eigenvalue weighted by Gasteiger charge is 2.27. The Morgan fingerprint density at radius 3 is 2.45 bits per heavy atom. The van der Waals surface area contributed by atoms with Crippen LogP contribution in [0.15, 0.2) is 72.8 Å². The highest BCUT2D eigenvalue weighted by molar-refractivity contribution is 6.30. The number of ether oxygens (including phenoxy) is 1. The molecule has 3 amide bonds. The Labute approximate surface area is 198 Å². The molecule has 33 heavy (non-hydrogen) atoms. The Bertz CT molecular complexity index is 1120.